The number of carboxylic acids is 1. The molecule has 0 radical (unpaired) electrons. The zero-order valence-corrected chi connectivity index (χ0v) is 11.6. The highest BCUT2D eigenvalue weighted by atomic mass is 35.5. The molecule has 1 unspecified atom stereocenters. The SMILES string of the molecule is Nc1cc(NC(=O)CN2CCCC2C(=O)O)ccc1Cl. The number of aliphatic carboxylic acids is 1. The van der Waals surface area contributed by atoms with E-state index in [-0.39, 0.29) is 12.5 Å². The number of nitrogens with one attached hydrogen (secondary N) is 1. The maximum absolute atomic E-state index is 11.9. The van der Waals surface area contributed by atoms with Crippen molar-refractivity contribution in [2.75, 3.05) is 24.1 Å². The van der Waals surface area contributed by atoms with Gasteiger partial charge in [-0.1, -0.05) is 11.6 Å². The van der Waals surface area contributed by atoms with Gasteiger partial charge in [0.05, 0.1) is 17.3 Å². The first-order valence-electron chi connectivity index (χ1n) is 6.29. The Labute approximate surface area is 121 Å². The summed E-state index contributed by atoms with van der Waals surface area (Å²) in [4.78, 5) is 24.6. The molecular weight excluding hydrogens is 282 g/mol. The van der Waals surface area contributed by atoms with Crippen molar-refractivity contribution >= 4 is 34.9 Å². The highest BCUT2D eigenvalue weighted by molar-refractivity contribution is 6.33. The molecule has 1 heterocycles. The van der Waals surface area contributed by atoms with E-state index < -0.39 is 12.0 Å². The van der Waals surface area contributed by atoms with Crippen molar-refractivity contribution in [3.05, 3.63) is 23.2 Å². The van der Waals surface area contributed by atoms with Crippen molar-refractivity contribution in [1.29, 1.82) is 0 Å². The highest BCUT2D eigenvalue weighted by Crippen LogP contribution is 2.22. The second kappa shape index (κ2) is 6.11. The number of hydrogen-bond acceptors (Lipinski definition) is 4. The summed E-state index contributed by atoms with van der Waals surface area (Å²) in [5, 5.41) is 12.2. The molecule has 20 heavy (non-hydrogen) atoms. The van der Waals surface area contributed by atoms with Crippen LogP contribution in [-0.2, 0) is 9.59 Å². The zero-order chi connectivity index (χ0) is 14.7. The van der Waals surface area contributed by atoms with Crippen molar-refractivity contribution < 1.29 is 14.7 Å². The van der Waals surface area contributed by atoms with E-state index in [4.69, 9.17) is 22.4 Å². The van der Waals surface area contributed by atoms with E-state index in [0.717, 1.165) is 6.42 Å². The molecule has 0 aliphatic carbocycles. The molecule has 7 heteroatoms. The van der Waals surface area contributed by atoms with Gasteiger partial charge < -0.3 is 16.2 Å². The maximum atomic E-state index is 11.9. The summed E-state index contributed by atoms with van der Waals surface area (Å²) < 4.78 is 0. The minimum atomic E-state index is -0.883. The zero-order valence-electron chi connectivity index (χ0n) is 10.8. The van der Waals surface area contributed by atoms with Crippen LogP contribution in [0.5, 0.6) is 0 Å². The number of anilines is 2. The molecule has 1 aromatic rings. The summed E-state index contributed by atoms with van der Waals surface area (Å²) in [5.74, 6) is -1.15. The molecule has 1 fully saturated rings. The second-order valence-electron chi connectivity index (χ2n) is 4.75. The number of nitrogen functional groups attached to an aromatic ring is 1. The number of rotatable bonds is 4. The van der Waals surface area contributed by atoms with Gasteiger partial charge in [0.1, 0.15) is 6.04 Å². The Bertz CT molecular complexity index is 536. The molecule has 4 N–H and O–H groups in total. The van der Waals surface area contributed by atoms with Crippen LogP contribution >= 0.6 is 11.6 Å². The van der Waals surface area contributed by atoms with Crippen LogP contribution in [0.2, 0.25) is 5.02 Å². The molecule has 1 aliphatic heterocycles. The lowest BCUT2D eigenvalue weighted by Gasteiger charge is -2.20. The fraction of sp³-hybridized carbons (Fsp3) is 0.385. The Morgan fingerprint density at radius 3 is 2.90 bits per heavy atom. The Kier molecular flexibility index (Phi) is 4.46. The topological polar surface area (TPSA) is 95.7 Å². The molecule has 1 aromatic carbocycles. The summed E-state index contributed by atoms with van der Waals surface area (Å²) in [5.41, 5.74) is 6.58. The Balaban J connectivity index is 1.95. The number of carbonyl (C=O) groups excluding carboxylic acids is 1. The summed E-state index contributed by atoms with van der Waals surface area (Å²) >= 11 is 5.80. The van der Waals surface area contributed by atoms with Gasteiger partial charge in [0.2, 0.25) is 5.91 Å². The van der Waals surface area contributed by atoms with Crippen LogP contribution in [0, 0.1) is 0 Å². The van der Waals surface area contributed by atoms with Crippen LogP contribution in [0.15, 0.2) is 18.2 Å². The normalized spacial score (nSPS) is 18.9. The van der Waals surface area contributed by atoms with Crippen LogP contribution in [0.25, 0.3) is 0 Å². The smallest absolute Gasteiger partial charge is 0.320 e. The average molecular weight is 298 g/mol. The Morgan fingerprint density at radius 2 is 2.25 bits per heavy atom. The molecule has 1 atom stereocenters. The van der Waals surface area contributed by atoms with Crippen LogP contribution in [-0.4, -0.2) is 41.0 Å². The number of carbonyl (C=O) groups is 2. The van der Waals surface area contributed by atoms with Gasteiger partial charge in [-0.3, -0.25) is 14.5 Å². The molecule has 2 rings (SSSR count). The minimum Gasteiger partial charge on any atom is -0.480 e. The van der Waals surface area contributed by atoms with Crippen LogP contribution in [0.3, 0.4) is 0 Å². The lowest BCUT2D eigenvalue weighted by atomic mass is 10.2. The first-order chi connectivity index (χ1) is 9.47. The summed E-state index contributed by atoms with van der Waals surface area (Å²) in [6.07, 6.45) is 1.37. The van der Waals surface area contributed by atoms with E-state index in [0.29, 0.717) is 29.4 Å². The number of carboxylic acid groups (broad SMARTS) is 1. The predicted octanol–water partition coefficient (Wildman–Crippen LogP) is 1.41. The van der Waals surface area contributed by atoms with Crippen LogP contribution < -0.4 is 11.1 Å². The van der Waals surface area contributed by atoms with Gasteiger partial charge in [-0.25, -0.2) is 0 Å². The van der Waals surface area contributed by atoms with Crippen LogP contribution in [0.4, 0.5) is 11.4 Å². The van der Waals surface area contributed by atoms with E-state index in [1.165, 1.54) is 0 Å². The Morgan fingerprint density at radius 1 is 1.50 bits per heavy atom. The largest absolute Gasteiger partial charge is 0.480 e. The molecule has 0 bridgehead atoms. The fourth-order valence-corrected chi connectivity index (χ4v) is 2.42. The van der Waals surface area contributed by atoms with Crippen molar-refractivity contribution in [1.82, 2.24) is 4.90 Å². The van der Waals surface area contributed by atoms with Crippen molar-refractivity contribution in [2.24, 2.45) is 0 Å². The standard InChI is InChI=1S/C13H16ClN3O3/c14-9-4-3-8(6-10(9)15)16-12(18)7-17-5-1-2-11(17)13(19)20/h3-4,6,11H,1-2,5,7,15H2,(H,16,18)(H,19,20). The quantitative estimate of drug-likeness (QED) is 0.730. The molecule has 0 saturated carbocycles. The van der Waals surface area contributed by atoms with Gasteiger partial charge in [-0.05, 0) is 37.6 Å². The van der Waals surface area contributed by atoms with Gasteiger partial charge in [0, 0.05) is 5.69 Å². The first-order valence-corrected chi connectivity index (χ1v) is 6.67. The van der Waals surface area contributed by atoms with Crippen LogP contribution in [0.1, 0.15) is 12.8 Å². The molecule has 1 amide bonds. The van der Waals surface area contributed by atoms with Gasteiger partial charge in [0.15, 0.2) is 0 Å². The summed E-state index contributed by atoms with van der Waals surface area (Å²) in [6.45, 7) is 0.673. The third-order valence-corrected chi connectivity index (χ3v) is 3.62. The lowest BCUT2D eigenvalue weighted by molar-refractivity contribution is -0.142. The maximum Gasteiger partial charge on any atom is 0.320 e. The van der Waals surface area contributed by atoms with Gasteiger partial charge in [-0.15, -0.1) is 0 Å². The molecular formula is C13H16ClN3O3. The molecule has 0 spiro atoms. The highest BCUT2D eigenvalue weighted by Gasteiger charge is 2.31. The second-order valence-corrected chi connectivity index (χ2v) is 5.16. The van der Waals surface area contributed by atoms with E-state index in [1.807, 2.05) is 0 Å². The monoisotopic (exact) mass is 297 g/mol. The van der Waals surface area contributed by atoms with E-state index >= 15 is 0 Å². The van der Waals surface area contributed by atoms with Gasteiger partial charge in [0.25, 0.3) is 0 Å². The average Bonchev–Trinajstić information content (AvgIpc) is 2.82. The third kappa shape index (κ3) is 3.40. The number of likely N-dealkylation sites (tertiary alicyclic amines) is 1. The van der Waals surface area contributed by atoms with E-state index in [2.05, 4.69) is 5.32 Å². The number of nitrogens with zero attached hydrogens (tertiary/aromatic N) is 1. The molecule has 108 valence electrons. The molecule has 1 aliphatic rings. The van der Waals surface area contributed by atoms with Gasteiger partial charge >= 0.3 is 5.97 Å². The number of benzene rings is 1. The molecule has 0 aromatic heterocycles. The Hall–Kier alpha value is -1.79. The summed E-state index contributed by atoms with van der Waals surface area (Å²) in [6, 6.07) is 4.24. The number of nitrogens with two attached hydrogens (primary N) is 1. The third-order valence-electron chi connectivity index (χ3n) is 3.28. The molecule has 1 saturated heterocycles. The van der Waals surface area contributed by atoms with E-state index in [9.17, 15) is 9.59 Å². The van der Waals surface area contributed by atoms with Crippen molar-refractivity contribution in [3.63, 3.8) is 0 Å². The predicted molar refractivity (Wildman–Crippen MR) is 76.7 cm³/mol. The van der Waals surface area contributed by atoms with E-state index in [1.54, 1.807) is 23.1 Å². The van der Waals surface area contributed by atoms with Crippen molar-refractivity contribution in [2.45, 2.75) is 18.9 Å². The van der Waals surface area contributed by atoms with Crippen molar-refractivity contribution in [3.8, 4) is 0 Å². The number of hydrogen-bond donors (Lipinski definition) is 3. The summed E-state index contributed by atoms with van der Waals surface area (Å²) in [7, 11) is 0. The fourth-order valence-electron chi connectivity index (χ4n) is 2.30. The number of amides is 1. The first kappa shape index (κ1) is 14.6. The molecule has 6 nitrogen and oxygen atoms in total. The number of halogens is 1. The lowest BCUT2D eigenvalue weighted by Crippen LogP contribution is -2.40. The minimum absolute atomic E-state index is 0.0551. The van der Waals surface area contributed by atoms with Gasteiger partial charge in [-0.2, -0.15) is 0 Å².